The van der Waals surface area contributed by atoms with E-state index in [0.717, 1.165) is 36.0 Å². The predicted octanol–water partition coefficient (Wildman–Crippen LogP) is 4.54. The number of piperidine rings is 1. The van der Waals surface area contributed by atoms with Crippen molar-refractivity contribution in [2.75, 3.05) is 13.1 Å². The van der Waals surface area contributed by atoms with Crippen LogP contribution in [0, 0.1) is 5.41 Å². The Morgan fingerprint density at radius 2 is 2.35 bits per heavy atom. The average molecular weight is 360 g/mol. The van der Waals surface area contributed by atoms with E-state index in [9.17, 15) is 9.90 Å². The van der Waals surface area contributed by atoms with E-state index in [1.807, 2.05) is 0 Å². The lowest BCUT2D eigenvalue weighted by Crippen LogP contribution is -2.48. The number of likely N-dealkylation sites (tertiary alicyclic amines) is 1. The van der Waals surface area contributed by atoms with Crippen LogP contribution in [0.3, 0.4) is 0 Å². The van der Waals surface area contributed by atoms with Gasteiger partial charge in [-0.2, -0.15) is 0 Å². The normalized spacial score (nSPS) is 25.6. The molecule has 1 saturated heterocycles. The number of nitrogens with zero attached hydrogens (tertiary/aromatic N) is 1. The van der Waals surface area contributed by atoms with E-state index in [1.165, 1.54) is 4.88 Å². The SMILES string of the molecule is CCCC1(C(=O)O)CCCN(C(C)c2ccc(Br)s2)C1. The number of hydrogen-bond donors (Lipinski definition) is 1. The van der Waals surface area contributed by atoms with Gasteiger partial charge in [0.15, 0.2) is 0 Å². The molecule has 3 nitrogen and oxygen atoms in total. The second kappa shape index (κ2) is 6.58. The van der Waals surface area contributed by atoms with Gasteiger partial charge >= 0.3 is 5.97 Å². The van der Waals surface area contributed by atoms with E-state index in [-0.39, 0.29) is 0 Å². The quantitative estimate of drug-likeness (QED) is 0.838. The van der Waals surface area contributed by atoms with E-state index in [1.54, 1.807) is 11.3 Å². The number of hydrogen-bond acceptors (Lipinski definition) is 3. The molecule has 1 aliphatic rings. The number of carbonyl (C=O) groups is 1. The molecule has 0 amide bonds. The Labute approximate surface area is 133 Å². The van der Waals surface area contributed by atoms with Gasteiger partial charge in [-0.3, -0.25) is 9.69 Å². The minimum absolute atomic E-state index is 0.294. The summed E-state index contributed by atoms with van der Waals surface area (Å²) in [5, 5.41) is 9.66. The molecular formula is C15H22BrNO2S. The summed E-state index contributed by atoms with van der Waals surface area (Å²) in [4.78, 5) is 15.4. The highest BCUT2D eigenvalue weighted by atomic mass is 79.9. The van der Waals surface area contributed by atoms with Crippen LogP contribution in [0.1, 0.15) is 50.4 Å². The van der Waals surface area contributed by atoms with Crippen molar-refractivity contribution in [3.05, 3.63) is 20.8 Å². The van der Waals surface area contributed by atoms with Gasteiger partial charge in [-0.1, -0.05) is 13.3 Å². The zero-order chi connectivity index (χ0) is 14.8. The highest BCUT2D eigenvalue weighted by Gasteiger charge is 2.42. The Balaban J connectivity index is 2.15. The summed E-state index contributed by atoms with van der Waals surface area (Å²) in [6, 6.07) is 4.50. The Morgan fingerprint density at radius 3 is 2.90 bits per heavy atom. The standard InChI is InChI=1S/C15H22BrNO2S/c1-3-7-15(14(18)19)8-4-9-17(10-15)11(2)12-5-6-13(16)20-12/h5-6,11H,3-4,7-10H2,1-2H3,(H,18,19). The van der Waals surface area contributed by atoms with Crippen molar-refractivity contribution >= 4 is 33.2 Å². The molecule has 2 atom stereocenters. The van der Waals surface area contributed by atoms with Crippen molar-refractivity contribution in [1.29, 1.82) is 0 Å². The third-order valence-electron chi connectivity index (χ3n) is 4.34. The van der Waals surface area contributed by atoms with Gasteiger partial charge in [0.25, 0.3) is 0 Å². The van der Waals surface area contributed by atoms with E-state index >= 15 is 0 Å². The average Bonchev–Trinajstić information content (AvgIpc) is 2.85. The van der Waals surface area contributed by atoms with Crippen molar-refractivity contribution in [3.8, 4) is 0 Å². The second-order valence-corrected chi connectivity index (χ2v) is 8.22. The molecule has 2 unspecified atom stereocenters. The van der Waals surface area contributed by atoms with Gasteiger partial charge in [-0.15, -0.1) is 11.3 Å². The number of rotatable bonds is 5. The lowest BCUT2D eigenvalue weighted by atomic mass is 9.76. The summed E-state index contributed by atoms with van der Waals surface area (Å²) in [6.07, 6.45) is 3.50. The number of thiophene rings is 1. The fourth-order valence-corrected chi connectivity index (χ4v) is 4.70. The number of halogens is 1. The molecule has 2 rings (SSSR count). The molecule has 112 valence electrons. The summed E-state index contributed by atoms with van der Waals surface area (Å²) < 4.78 is 1.13. The number of carboxylic acid groups (broad SMARTS) is 1. The van der Waals surface area contributed by atoms with Crippen molar-refractivity contribution < 1.29 is 9.90 Å². The fraction of sp³-hybridized carbons (Fsp3) is 0.667. The van der Waals surface area contributed by atoms with E-state index in [4.69, 9.17) is 0 Å². The molecule has 0 aliphatic carbocycles. The van der Waals surface area contributed by atoms with Crippen LogP contribution in [0.15, 0.2) is 15.9 Å². The molecule has 1 N–H and O–H groups in total. The number of carboxylic acids is 1. The van der Waals surface area contributed by atoms with Gasteiger partial charge in [0.2, 0.25) is 0 Å². The molecule has 0 spiro atoms. The Morgan fingerprint density at radius 1 is 1.60 bits per heavy atom. The van der Waals surface area contributed by atoms with Crippen LogP contribution in [-0.4, -0.2) is 29.1 Å². The summed E-state index contributed by atoms with van der Waals surface area (Å²) in [7, 11) is 0. The monoisotopic (exact) mass is 359 g/mol. The van der Waals surface area contributed by atoms with Crippen LogP contribution in [-0.2, 0) is 4.79 Å². The Bertz CT molecular complexity index is 472. The van der Waals surface area contributed by atoms with E-state index in [2.05, 4.69) is 46.8 Å². The van der Waals surface area contributed by atoms with E-state index < -0.39 is 11.4 Å². The molecular weight excluding hydrogens is 338 g/mol. The Hall–Kier alpha value is -0.390. The highest BCUT2D eigenvalue weighted by molar-refractivity contribution is 9.11. The molecule has 5 heteroatoms. The molecule has 0 bridgehead atoms. The first-order chi connectivity index (χ1) is 9.48. The van der Waals surface area contributed by atoms with Crippen molar-refractivity contribution in [2.45, 2.75) is 45.6 Å². The van der Waals surface area contributed by atoms with Gasteiger partial charge < -0.3 is 5.11 Å². The molecule has 2 heterocycles. The summed E-state index contributed by atoms with van der Waals surface area (Å²) in [5.41, 5.74) is -0.546. The predicted molar refractivity (Wildman–Crippen MR) is 86.2 cm³/mol. The van der Waals surface area contributed by atoms with Crippen LogP contribution in [0.4, 0.5) is 0 Å². The topological polar surface area (TPSA) is 40.5 Å². The minimum atomic E-state index is -0.622. The van der Waals surface area contributed by atoms with Crippen LogP contribution >= 0.6 is 27.3 Å². The van der Waals surface area contributed by atoms with Gasteiger partial charge in [0.05, 0.1) is 9.20 Å². The maximum Gasteiger partial charge on any atom is 0.310 e. The first kappa shape index (κ1) is 16.0. The molecule has 0 radical (unpaired) electrons. The largest absolute Gasteiger partial charge is 0.481 e. The maximum atomic E-state index is 11.7. The first-order valence-corrected chi connectivity index (χ1v) is 8.82. The molecule has 0 aromatic carbocycles. The molecule has 1 fully saturated rings. The summed E-state index contributed by atoms with van der Waals surface area (Å²) in [6.45, 7) is 5.92. The third kappa shape index (κ3) is 3.26. The molecule has 20 heavy (non-hydrogen) atoms. The lowest BCUT2D eigenvalue weighted by molar-refractivity contribution is -0.153. The highest BCUT2D eigenvalue weighted by Crippen LogP contribution is 2.39. The lowest BCUT2D eigenvalue weighted by Gasteiger charge is -2.42. The zero-order valence-electron chi connectivity index (χ0n) is 12.1. The van der Waals surface area contributed by atoms with Gasteiger partial charge in [-0.25, -0.2) is 0 Å². The summed E-state index contributed by atoms with van der Waals surface area (Å²) in [5.74, 6) is -0.622. The number of aliphatic carboxylic acids is 1. The zero-order valence-corrected chi connectivity index (χ0v) is 14.5. The molecule has 1 aromatic heterocycles. The Kier molecular flexibility index (Phi) is 5.26. The first-order valence-electron chi connectivity index (χ1n) is 7.21. The van der Waals surface area contributed by atoms with Gasteiger partial charge in [0.1, 0.15) is 0 Å². The van der Waals surface area contributed by atoms with Gasteiger partial charge in [-0.05, 0) is 60.8 Å². The van der Waals surface area contributed by atoms with Crippen molar-refractivity contribution in [1.82, 2.24) is 4.90 Å². The summed E-state index contributed by atoms with van der Waals surface area (Å²) >= 11 is 5.24. The van der Waals surface area contributed by atoms with Crippen molar-refractivity contribution in [2.24, 2.45) is 5.41 Å². The maximum absolute atomic E-state index is 11.7. The van der Waals surface area contributed by atoms with E-state index in [0.29, 0.717) is 12.6 Å². The molecule has 0 saturated carbocycles. The van der Waals surface area contributed by atoms with Crippen LogP contribution < -0.4 is 0 Å². The van der Waals surface area contributed by atoms with Crippen LogP contribution in [0.2, 0.25) is 0 Å². The molecule has 1 aromatic rings. The van der Waals surface area contributed by atoms with Gasteiger partial charge in [0, 0.05) is 17.5 Å². The smallest absolute Gasteiger partial charge is 0.310 e. The van der Waals surface area contributed by atoms with Crippen molar-refractivity contribution in [3.63, 3.8) is 0 Å². The minimum Gasteiger partial charge on any atom is -0.481 e. The third-order valence-corrected chi connectivity index (χ3v) is 6.14. The second-order valence-electron chi connectivity index (χ2n) is 5.73. The van der Waals surface area contributed by atoms with Crippen LogP contribution in [0.5, 0.6) is 0 Å². The molecule has 1 aliphatic heterocycles. The fourth-order valence-electron chi connectivity index (χ4n) is 3.19. The van der Waals surface area contributed by atoms with Crippen LogP contribution in [0.25, 0.3) is 0 Å².